The first-order valence-electron chi connectivity index (χ1n) is 12.8. The minimum Gasteiger partial charge on any atom is -0.462 e. The number of rotatable bonds is 4. The molecule has 0 aromatic carbocycles. The third-order valence-corrected chi connectivity index (χ3v) is 10.4. The molecule has 30 heavy (non-hydrogen) atoms. The molecule has 5 rings (SSSR count). The summed E-state index contributed by atoms with van der Waals surface area (Å²) in [5.74, 6) is 3.28. The Balaban J connectivity index is 1.25. The highest BCUT2D eigenvalue weighted by Crippen LogP contribution is 2.65. The van der Waals surface area contributed by atoms with E-state index in [-0.39, 0.29) is 22.9 Å². The van der Waals surface area contributed by atoms with Crippen LogP contribution in [0.15, 0.2) is 11.6 Å². The van der Waals surface area contributed by atoms with Gasteiger partial charge in [0.05, 0.1) is 0 Å². The number of carbonyl (C=O) groups excluding carboxylic acids is 2. The van der Waals surface area contributed by atoms with Gasteiger partial charge in [0.15, 0.2) is 5.78 Å². The quantitative estimate of drug-likeness (QED) is 0.502. The van der Waals surface area contributed by atoms with Crippen LogP contribution in [0.5, 0.6) is 0 Å². The third-order valence-electron chi connectivity index (χ3n) is 10.4. The van der Waals surface area contributed by atoms with Gasteiger partial charge in [0, 0.05) is 18.3 Å². The zero-order valence-corrected chi connectivity index (χ0v) is 19.1. The number of allylic oxidation sites excluding steroid dienone is 1. The third kappa shape index (κ3) is 3.39. The number of carbonyl (C=O) groups is 2. The van der Waals surface area contributed by atoms with Crippen LogP contribution in [0.1, 0.15) is 104 Å². The maximum atomic E-state index is 12.7. The van der Waals surface area contributed by atoms with E-state index in [0.717, 1.165) is 43.9 Å². The second-order valence-electron chi connectivity index (χ2n) is 11.8. The molecule has 4 saturated carbocycles. The predicted octanol–water partition coefficient (Wildman–Crippen LogP) is 6.40. The van der Waals surface area contributed by atoms with Crippen molar-refractivity contribution < 1.29 is 14.3 Å². The van der Waals surface area contributed by atoms with Crippen molar-refractivity contribution in [2.75, 3.05) is 0 Å². The van der Waals surface area contributed by atoms with Crippen LogP contribution in [0.3, 0.4) is 0 Å². The maximum absolute atomic E-state index is 12.7. The van der Waals surface area contributed by atoms with Crippen molar-refractivity contribution >= 4 is 11.8 Å². The molecule has 0 bridgehead atoms. The van der Waals surface area contributed by atoms with E-state index >= 15 is 0 Å². The smallest absolute Gasteiger partial charge is 0.306 e. The molecule has 0 unspecified atom stereocenters. The molecule has 0 saturated heterocycles. The fraction of sp³-hybridized carbons (Fsp3) is 0.852. The fourth-order valence-electron chi connectivity index (χ4n) is 8.54. The summed E-state index contributed by atoms with van der Waals surface area (Å²) >= 11 is 0. The van der Waals surface area contributed by atoms with Crippen LogP contribution in [0, 0.1) is 34.5 Å². The molecular formula is C27H40O3. The summed E-state index contributed by atoms with van der Waals surface area (Å²) in [6.45, 7) is 4.87. The van der Waals surface area contributed by atoms with E-state index in [9.17, 15) is 9.59 Å². The number of hydrogen-bond donors (Lipinski definition) is 0. The van der Waals surface area contributed by atoms with Crippen molar-refractivity contribution in [3.63, 3.8) is 0 Å². The van der Waals surface area contributed by atoms with Crippen molar-refractivity contribution in [2.24, 2.45) is 34.5 Å². The number of ketones is 1. The van der Waals surface area contributed by atoms with Gasteiger partial charge < -0.3 is 4.74 Å². The molecule has 166 valence electrons. The highest BCUT2D eigenvalue weighted by Gasteiger charge is 2.59. The van der Waals surface area contributed by atoms with Crippen molar-refractivity contribution in [1.29, 1.82) is 0 Å². The van der Waals surface area contributed by atoms with Gasteiger partial charge in [0.25, 0.3) is 0 Å². The van der Waals surface area contributed by atoms with Crippen LogP contribution in [0.2, 0.25) is 0 Å². The molecule has 0 heterocycles. The summed E-state index contributed by atoms with van der Waals surface area (Å²) in [5, 5.41) is 0. The van der Waals surface area contributed by atoms with E-state index in [0.29, 0.717) is 24.0 Å². The molecular weight excluding hydrogens is 372 g/mol. The van der Waals surface area contributed by atoms with Gasteiger partial charge >= 0.3 is 5.97 Å². The molecule has 0 aromatic heterocycles. The Bertz CT molecular complexity index is 732. The number of hydrogen-bond acceptors (Lipinski definition) is 3. The monoisotopic (exact) mass is 412 g/mol. The first-order chi connectivity index (χ1) is 14.4. The second kappa shape index (κ2) is 7.78. The molecule has 0 spiro atoms. The van der Waals surface area contributed by atoms with Crippen LogP contribution in [0.4, 0.5) is 0 Å². The topological polar surface area (TPSA) is 43.4 Å². The molecule has 0 N–H and O–H groups in total. The van der Waals surface area contributed by atoms with Crippen molar-refractivity contribution in [3.05, 3.63) is 11.6 Å². The van der Waals surface area contributed by atoms with E-state index in [4.69, 9.17) is 4.74 Å². The van der Waals surface area contributed by atoms with E-state index in [1.54, 1.807) is 0 Å². The molecule has 0 radical (unpaired) electrons. The summed E-state index contributed by atoms with van der Waals surface area (Å²) in [4.78, 5) is 24.7. The van der Waals surface area contributed by atoms with Crippen LogP contribution >= 0.6 is 0 Å². The van der Waals surface area contributed by atoms with Gasteiger partial charge in [0.1, 0.15) is 6.10 Å². The van der Waals surface area contributed by atoms with Gasteiger partial charge in [-0.3, -0.25) is 9.59 Å². The predicted molar refractivity (Wildman–Crippen MR) is 118 cm³/mol. The average molecular weight is 413 g/mol. The zero-order valence-electron chi connectivity index (χ0n) is 19.1. The van der Waals surface area contributed by atoms with Gasteiger partial charge in [-0.1, -0.05) is 45.1 Å². The first kappa shape index (κ1) is 20.8. The van der Waals surface area contributed by atoms with Crippen molar-refractivity contribution in [3.8, 4) is 0 Å². The lowest BCUT2D eigenvalue weighted by Crippen LogP contribution is -2.51. The van der Waals surface area contributed by atoms with Crippen LogP contribution in [0.25, 0.3) is 0 Å². The van der Waals surface area contributed by atoms with Crippen LogP contribution in [-0.4, -0.2) is 17.9 Å². The standard InChI is InChI=1S/C27H40O3/c1-26-15-13-20(28)17-19(26)8-9-21-22-10-11-24(27(22,2)16-14-23(21)26)30-25(29)12-7-18-5-3-4-6-18/h17-18,21-24H,3-16H2,1-2H3/t21-,22-,23-,24-,26-,27-/m1/s1. The molecule has 3 nitrogen and oxygen atoms in total. The highest BCUT2D eigenvalue weighted by atomic mass is 16.5. The SMILES string of the molecule is C[C@@]12CC[C@@H]3[C@H](CCC4=CC(=O)CC[C@]43C)[C@H]1CC[C@H]2OC(=O)CCC1CCCC1. The minimum atomic E-state index is 0.0579. The van der Waals surface area contributed by atoms with Gasteiger partial charge in [0.2, 0.25) is 0 Å². The Hall–Kier alpha value is -1.12. The Kier molecular flexibility index (Phi) is 5.39. The van der Waals surface area contributed by atoms with Gasteiger partial charge in [-0.25, -0.2) is 0 Å². The van der Waals surface area contributed by atoms with E-state index in [1.165, 1.54) is 56.9 Å². The van der Waals surface area contributed by atoms with Crippen LogP contribution < -0.4 is 0 Å². The lowest BCUT2D eigenvalue weighted by atomic mass is 9.47. The normalized spacial score (nSPS) is 43.5. The number of fused-ring (bicyclic) bond motifs is 5. The Morgan fingerprint density at radius 3 is 2.60 bits per heavy atom. The van der Waals surface area contributed by atoms with Gasteiger partial charge in [-0.2, -0.15) is 0 Å². The highest BCUT2D eigenvalue weighted by molar-refractivity contribution is 5.91. The summed E-state index contributed by atoms with van der Waals surface area (Å²) in [7, 11) is 0. The molecule has 0 aromatic rings. The number of esters is 1. The largest absolute Gasteiger partial charge is 0.462 e. The van der Waals surface area contributed by atoms with E-state index in [1.807, 2.05) is 6.08 Å². The second-order valence-corrected chi connectivity index (χ2v) is 11.8. The Labute approximate surface area is 182 Å². The number of ether oxygens (including phenoxy) is 1. The van der Waals surface area contributed by atoms with Gasteiger partial charge in [-0.05, 0) is 86.5 Å². The fourth-order valence-corrected chi connectivity index (χ4v) is 8.54. The molecule has 0 amide bonds. The Morgan fingerprint density at radius 1 is 1.00 bits per heavy atom. The molecule has 5 aliphatic rings. The zero-order chi connectivity index (χ0) is 20.9. The summed E-state index contributed by atoms with van der Waals surface area (Å²) in [6.07, 6.45) is 17.8. The molecule has 3 heteroatoms. The molecule has 0 aliphatic heterocycles. The maximum Gasteiger partial charge on any atom is 0.306 e. The van der Waals surface area contributed by atoms with E-state index < -0.39 is 0 Å². The van der Waals surface area contributed by atoms with Gasteiger partial charge in [-0.15, -0.1) is 0 Å². The Morgan fingerprint density at radius 2 is 1.80 bits per heavy atom. The molecule has 4 fully saturated rings. The van der Waals surface area contributed by atoms with Crippen LogP contribution in [-0.2, 0) is 14.3 Å². The van der Waals surface area contributed by atoms with Crippen molar-refractivity contribution in [1.82, 2.24) is 0 Å². The average Bonchev–Trinajstić information content (AvgIpc) is 3.35. The first-order valence-corrected chi connectivity index (χ1v) is 12.8. The summed E-state index contributed by atoms with van der Waals surface area (Å²) < 4.78 is 6.17. The van der Waals surface area contributed by atoms with Crippen molar-refractivity contribution in [2.45, 2.75) is 110 Å². The summed E-state index contributed by atoms with van der Waals surface area (Å²) in [5.41, 5.74) is 1.83. The minimum absolute atomic E-state index is 0.0579. The molecule has 5 aliphatic carbocycles. The van der Waals surface area contributed by atoms with E-state index in [2.05, 4.69) is 13.8 Å². The summed E-state index contributed by atoms with van der Waals surface area (Å²) in [6, 6.07) is 0. The molecule has 6 atom stereocenters. The lowest BCUT2D eigenvalue weighted by Gasteiger charge is -2.57. The lowest BCUT2D eigenvalue weighted by molar-refractivity contribution is -0.160.